The zero-order valence-electron chi connectivity index (χ0n) is 25.5. The van der Waals surface area contributed by atoms with E-state index in [0.29, 0.717) is 36.9 Å². The molecular weight excluding hydrogens is 520 g/mol. The highest BCUT2D eigenvalue weighted by molar-refractivity contribution is 6.05. The molecule has 0 aliphatic carbocycles. The highest BCUT2D eigenvalue weighted by atomic mass is 16.6. The monoisotopic (exact) mass is 568 g/mol. The average molecular weight is 569 g/mol. The predicted octanol–water partition coefficient (Wildman–Crippen LogP) is 3.85. The molecule has 9 nitrogen and oxygen atoms in total. The molecule has 0 bridgehead atoms. The van der Waals surface area contributed by atoms with Gasteiger partial charge in [0.2, 0.25) is 11.8 Å². The van der Waals surface area contributed by atoms with Crippen LogP contribution in [0.1, 0.15) is 107 Å². The number of amides is 3. The fourth-order valence-electron chi connectivity index (χ4n) is 6.60. The number of benzene rings is 1. The Bertz CT molecular complexity index is 1110. The highest BCUT2D eigenvalue weighted by Crippen LogP contribution is 2.34. The van der Waals surface area contributed by atoms with Crippen molar-refractivity contribution in [3.05, 3.63) is 34.9 Å². The van der Waals surface area contributed by atoms with Gasteiger partial charge in [-0.15, -0.1) is 0 Å². The molecule has 3 saturated heterocycles. The number of fused-ring (bicyclic) bond motifs is 1. The zero-order chi connectivity index (χ0) is 29.7. The van der Waals surface area contributed by atoms with Gasteiger partial charge < -0.3 is 19.4 Å². The first-order valence-corrected chi connectivity index (χ1v) is 15.5. The van der Waals surface area contributed by atoms with Gasteiger partial charge in [-0.2, -0.15) is 0 Å². The van der Waals surface area contributed by atoms with Gasteiger partial charge in [-0.25, -0.2) is 0 Å². The highest BCUT2D eigenvalue weighted by Gasteiger charge is 2.39. The Morgan fingerprint density at radius 1 is 0.976 bits per heavy atom. The molecule has 1 N–H and O–H groups in total. The first-order valence-electron chi connectivity index (χ1n) is 15.5. The third kappa shape index (κ3) is 7.74. The van der Waals surface area contributed by atoms with E-state index in [1.807, 2.05) is 40.7 Å². The van der Waals surface area contributed by atoms with E-state index in [4.69, 9.17) is 4.74 Å². The first kappa shape index (κ1) is 31.2. The minimum Gasteiger partial charge on any atom is -0.460 e. The summed E-state index contributed by atoms with van der Waals surface area (Å²) in [5.41, 5.74) is 2.52. The number of nitrogens with one attached hydrogen (secondary N) is 1. The molecule has 9 heteroatoms. The van der Waals surface area contributed by atoms with E-state index < -0.39 is 11.6 Å². The fraction of sp³-hybridized carbons (Fsp3) is 0.688. The van der Waals surface area contributed by atoms with Crippen molar-refractivity contribution in [2.24, 2.45) is 0 Å². The molecule has 4 aliphatic rings. The molecule has 1 unspecified atom stereocenters. The predicted molar refractivity (Wildman–Crippen MR) is 157 cm³/mol. The summed E-state index contributed by atoms with van der Waals surface area (Å²) in [6.45, 7) is 15.1. The summed E-state index contributed by atoms with van der Waals surface area (Å²) in [6, 6.07) is 6.22. The number of hydrogen-bond donors (Lipinski definition) is 1. The summed E-state index contributed by atoms with van der Waals surface area (Å²) in [6.07, 6.45) is 5.58. The van der Waals surface area contributed by atoms with Crippen LogP contribution in [0.25, 0.3) is 0 Å². The van der Waals surface area contributed by atoms with Crippen molar-refractivity contribution < 1.29 is 23.9 Å². The average Bonchev–Trinajstić information content (AvgIpc) is 3.27. The number of piperidine rings is 3. The Hall–Kier alpha value is -2.78. The van der Waals surface area contributed by atoms with Gasteiger partial charge in [0.1, 0.15) is 11.6 Å². The third-order valence-electron chi connectivity index (χ3n) is 8.67. The molecule has 5 rings (SSSR count). The zero-order valence-corrected chi connectivity index (χ0v) is 25.5. The molecule has 0 saturated carbocycles. The molecule has 3 fully saturated rings. The summed E-state index contributed by atoms with van der Waals surface area (Å²) >= 11 is 0. The summed E-state index contributed by atoms with van der Waals surface area (Å²) in [5, 5.41) is 2.37. The van der Waals surface area contributed by atoms with Crippen LogP contribution in [-0.2, 0) is 25.7 Å². The van der Waals surface area contributed by atoms with Crippen LogP contribution in [0.3, 0.4) is 0 Å². The number of hydrogen-bond acceptors (Lipinski definition) is 7. The minimum absolute atomic E-state index is 0.113. The van der Waals surface area contributed by atoms with Gasteiger partial charge in [0.25, 0.3) is 5.91 Å². The van der Waals surface area contributed by atoms with Crippen molar-refractivity contribution in [2.75, 3.05) is 32.7 Å². The Kier molecular flexibility index (Phi) is 10.2. The number of ether oxygens (including phenoxy) is 1. The second kappa shape index (κ2) is 13.5. The van der Waals surface area contributed by atoms with E-state index in [0.717, 1.165) is 64.0 Å². The van der Waals surface area contributed by atoms with Crippen molar-refractivity contribution in [1.29, 1.82) is 0 Å². The number of likely N-dealkylation sites (tertiary alicyclic amines) is 2. The van der Waals surface area contributed by atoms with Crippen LogP contribution in [0.5, 0.6) is 0 Å². The maximum Gasteiger partial charge on any atom is 0.307 e. The van der Waals surface area contributed by atoms with Crippen molar-refractivity contribution in [3.63, 3.8) is 0 Å². The topological polar surface area (TPSA) is 99.3 Å². The van der Waals surface area contributed by atoms with Crippen LogP contribution < -0.4 is 5.32 Å². The molecular formula is C32H48N4O5. The molecule has 0 spiro atoms. The number of carbonyl (C=O) groups excluding carboxylic acids is 4. The summed E-state index contributed by atoms with van der Waals surface area (Å²) in [7, 11) is 0. The quantitative estimate of drug-likeness (QED) is 0.411. The lowest BCUT2D eigenvalue weighted by atomic mass is 9.86. The fourth-order valence-corrected chi connectivity index (χ4v) is 6.60. The smallest absolute Gasteiger partial charge is 0.307 e. The van der Waals surface area contributed by atoms with E-state index in [9.17, 15) is 19.2 Å². The minimum atomic E-state index is -0.571. The van der Waals surface area contributed by atoms with Gasteiger partial charge in [-0.1, -0.05) is 26.0 Å². The normalized spacial score (nSPS) is 23.1. The Balaban J connectivity index is 0.00000189. The van der Waals surface area contributed by atoms with Gasteiger partial charge in [-0.3, -0.25) is 24.5 Å². The van der Waals surface area contributed by atoms with E-state index in [1.165, 1.54) is 5.56 Å². The lowest BCUT2D eigenvalue weighted by Crippen LogP contribution is -2.52. The summed E-state index contributed by atoms with van der Waals surface area (Å²) in [4.78, 5) is 55.6. The van der Waals surface area contributed by atoms with Gasteiger partial charge in [0.15, 0.2) is 0 Å². The largest absolute Gasteiger partial charge is 0.460 e. The van der Waals surface area contributed by atoms with Crippen LogP contribution in [0, 0.1) is 0 Å². The van der Waals surface area contributed by atoms with Gasteiger partial charge in [0.05, 0.1) is 6.42 Å². The number of rotatable bonds is 6. The van der Waals surface area contributed by atoms with Crippen LogP contribution in [0.4, 0.5) is 0 Å². The van der Waals surface area contributed by atoms with Crippen molar-refractivity contribution in [1.82, 2.24) is 20.0 Å². The SMILES string of the molecule is CC.CC(C)(C)OC(=O)CCN1CCC(N2CCC(c3ccc4c(c3)CN(C3CCC(=O)NC3=O)C4=O)CC2)CC1. The summed E-state index contributed by atoms with van der Waals surface area (Å²) < 4.78 is 5.44. The van der Waals surface area contributed by atoms with E-state index >= 15 is 0 Å². The molecule has 4 heterocycles. The first-order chi connectivity index (χ1) is 19.6. The van der Waals surface area contributed by atoms with Crippen LogP contribution in [-0.4, -0.2) is 88.8 Å². The third-order valence-corrected chi connectivity index (χ3v) is 8.67. The molecule has 3 amide bonds. The maximum atomic E-state index is 13.0. The van der Waals surface area contributed by atoms with Gasteiger partial charge in [-0.05, 0) is 102 Å². The lowest BCUT2D eigenvalue weighted by Gasteiger charge is -2.42. The number of carbonyl (C=O) groups is 4. The second-order valence-corrected chi connectivity index (χ2v) is 12.5. The van der Waals surface area contributed by atoms with E-state index in [1.54, 1.807) is 4.90 Å². The van der Waals surface area contributed by atoms with Crippen LogP contribution in [0.2, 0.25) is 0 Å². The van der Waals surface area contributed by atoms with Crippen molar-refractivity contribution >= 4 is 23.7 Å². The Morgan fingerprint density at radius 2 is 1.66 bits per heavy atom. The van der Waals surface area contributed by atoms with Gasteiger partial charge in [0, 0.05) is 31.1 Å². The number of esters is 1. The Morgan fingerprint density at radius 3 is 2.29 bits per heavy atom. The lowest BCUT2D eigenvalue weighted by molar-refractivity contribution is -0.155. The van der Waals surface area contributed by atoms with E-state index in [2.05, 4.69) is 27.2 Å². The molecule has 4 aliphatic heterocycles. The van der Waals surface area contributed by atoms with Crippen molar-refractivity contribution in [3.8, 4) is 0 Å². The molecule has 0 aromatic heterocycles. The maximum absolute atomic E-state index is 13.0. The summed E-state index contributed by atoms with van der Waals surface area (Å²) in [5.74, 6) is -0.392. The van der Waals surface area contributed by atoms with Crippen LogP contribution in [0.15, 0.2) is 18.2 Å². The standard InChI is InChI=1S/C30H42N4O5.C2H6/c1-30(2,3)39-27(36)12-15-32-13-10-23(11-14-32)33-16-8-20(9-17-33)21-4-5-24-22(18-21)19-34(29(24)38)25-6-7-26(35)31-28(25)37;1-2/h4-5,18,20,23,25H,6-17,19H2,1-3H3,(H,31,35,37);1-2H3. The van der Waals surface area contributed by atoms with Crippen LogP contribution >= 0.6 is 0 Å². The molecule has 226 valence electrons. The second-order valence-electron chi connectivity index (χ2n) is 12.5. The molecule has 1 atom stereocenters. The Labute approximate surface area is 244 Å². The molecule has 1 aromatic carbocycles. The van der Waals surface area contributed by atoms with Crippen molar-refractivity contribution in [2.45, 2.75) is 110 Å². The molecule has 1 aromatic rings. The van der Waals surface area contributed by atoms with Gasteiger partial charge >= 0.3 is 5.97 Å². The number of imide groups is 1. The molecule has 41 heavy (non-hydrogen) atoms. The number of nitrogens with zero attached hydrogens (tertiary/aromatic N) is 3. The van der Waals surface area contributed by atoms with E-state index in [-0.39, 0.29) is 30.1 Å². The molecule has 0 radical (unpaired) electrons.